The van der Waals surface area contributed by atoms with Crippen molar-refractivity contribution in [2.24, 2.45) is 0 Å². The third kappa shape index (κ3) is 3.61. The molecule has 1 atom stereocenters. The zero-order valence-electron chi connectivity index (χ0n) is 12.5. The SMILES string of the molecule is CCOC(=O)C(C(=O)c1ccc(OC)cc1)N1CCCC1. The fourth-order valence-electron chi connectivity index (χ4n) is 2.56. The van der Waals surface area contributed by atoms with E-state index in [4.69, 9.17) is 9.47 Å². The van der Waals surface area contributed by atoms with Crippen LogP contribution in [0.25, 0.3) is 0 Å². The molecule has 1 unspecified atom stereocenters. The van der Waals surface area contributed by atoms with E-state index in [2.05, 4.69) is 0 Å². The van der Waals surface area contributed by atoms with Gasteiger partial charge in [-0.15, -0.1) is 0 Å². The van der Waals surface area contributed by atoms with Crippen LogP contribution in [0.1, 0.15) is 30.1 Å². The topological polar surface area (TPSA) is 55.8 Å². The first kappa shape index (κ1) is 15.5. The lowest BCUT2D eigenvalue weighted by atomic mass is 10.0. The minimum absolute atomic E-state index is 0.210. The highest BCUT2D eigenvalue weighted by atomic mass is 16.5. The lowest BCUT2D eigenvalue weighted by Crippen LogP contribution is -2.46. The Kier molecular flexibility index (Phi) is 5.33. The van der Waals surface area contributed by atoms with Crippen LogP contribution in [0.15, 0.2) is 24.3 Å². The standard InChI is InChI=1S/C16H21NO4/c1-3-21-16(19)14(17-10-4-5-11-17)15(18)12-6-8-13(20-2)9-7-12/h6-9,14H,3-5,10-11H2,1-2H3. The second-order valence-corrected chi connectivity index (χ2v) is 4.99. The van der Waals surface area contributed by atoms with Crippen LogP contribution in [0.4, 0.5) is 0 Å². The van der Waals surface area contributed by atoms with Gasteiger partial charge in [-0.3, -0.25) is 9.69 Å². The van der Waals surface area contributed by atoms with E-state index in [1.165, 1.54) is 0 Å². The van der Waals surface area contributed by atoms with Crippen molar-refractivity contribution in [1.29, 1.82) is 0 Å². The predicted molar refractivity (Wildman–Crippen MR) is 78.6 cm³/mol. The number of benzene rings is 1. The molecular weight excluding hydrogens is 270 g/mol. The molecule has 1 aromatic carbocycles. The van der Waals surface area contributed by atoms with Crippen molar-refractivity contribution in [2.45, 2.75) is 25.8 Å². The number of likely N-dealkylation sites (tertiary alicyclic amines) is 1. The van der Waals surface area contributed by atoms with Crippen molar-refractivity contribution in [3.05, 3.63) is 29.8 Å². The Bertz CT molecular complexity index is 492. The molecule has 1 aromatic rings. The van der Waals surface area contributed by atoms with E-state index in [0.717, 1.165) is 25.9 Å². The second-order valence-electron chi connectivity index (χ2n) is 4.99. The van der Waals surface area contributed by atoms with E-state index in [1.807, 2.05) is 4.90 Å². The number of Topliss-reactive ketones (excluding diaryl/α,β-unsaturated/α-hetero) is 1. The number of ketones is 1. The van der Waals surface area contributed by atoms with Gasteiger partial charge in [0.15, 0.2) is 11.8 Å². The minimum Gasteiger partial charge on any atom is -0.497 e. The van der Waals surface area contributed by atoms with Crippen LogP contribution in [0.3, 0.4) is 0 Å². The monoisotopic (exact) mass is 291 g/mol. The molecule has 5 heteroatoms. The highest BCUT2D eigenvalue weighted by molar-refractivity contribution is 6.12. The van der Waals surface area contributed by atoms with E-state index in [9.17, 15) is 9.59 Å². The summed E-state index contributed by atoms with van der Waals surface area (Å²) in [5.74, 6) is 0.0126. The van der Waals surface area contributed by atoms with E-state index >= 15 is 0 Å². The van der Waals surface area contributed by atoms with Gasteiger partial charge >= 0.3 is 5.97 Å². The smallest absolute Gasteiger partial charge is 0.331 e. The predicted octanol–water partition coefficient (Wildman–Crippen LogP) is 1.91. The minimum atomic E-state index is -0.833. The van der Waals surface area contributed by atoms with Crippen LogP contribution in [0, 0.1) is 0 Å². The number of nitrogens with zero attached hydrogens (tertiary/aromatic N) is 1. The molecule has 21 heavy (non-hydrogen) atoms. The van der Waals surface area contributed by atoms with Gasteiger partial charge in [0, 0.05) is 5.56 Å². The van der Waals surface area contributed by atoms with Crippen molar-refractivity contribution in [3.63, 3.8) is 0 Å². The first-order valence-electron chi connectivity index (χ1n) is 7.26. The normalized spacial score (nSPS) is 16.5. The number of hydrogen-bond acceptors (Lipinski definition) is 5. The van der Waals surface area contributed by atoms with Gasteiger partial charge in [-0.05, 0) is 57.1 Å². The molecule has 5 nitrogen and oxygen atoms in total. The Hall–Kier alpha value is -1.88. The van der Waals surface area contributed by atoms with Gasteiger partial charge in [-0.25, -0.2) is 4.79 Å². The molecule has 0 radical (unpaired) electrons. The molecular formula is C16H21NO4. The molecule has 0 bridgehead atoms. The summed E-state index contributed by atoms with van der Waals surface area (Å²) in [6.45, 7) is 3.53. The number of carbonyl (C=O) groups excluding carboxylic acids is 2. The molecule has 0 amide bonds. The Morgan fingerprint density at radius 2 is 1.81 bits per heavy atom. The zero-order valence-corrected chi connectivity index (χ0v) is 12.5. The van der Waals surface area contributed by atoms with Crippen LogP contribution < -0.4 is 4.74 Å². The summed E-state index contributed by atoms with van der Waals surface area (Å²) in [5, 5.41) is 0. The fourth-order valence-corrected chi connectivity index (χ4v) is 2.56. The summed E-state index contributed by atoms with van der Waals surface area (Å²) in [4.78, 5) is 26.7. The molecule has 1 heterocycles. The van der Waals surface area contributed by atoms with Gasteiger partial charge < -0.3 is 9.47 Å². The van der Waals surface area contributed by atoms with Crippen LogP contribution in [-0.2, 0) is 9.53 Å². The zero-order chi connectivity index (χ0) is 15.2. The van der Waals surface area contributed by atoms with Crippen LogP contribution in [0.5, 0.6) is 5.75 Å². The summed E-state index contributed by atoms with van der Waals surface area (Å²) in [6.07, 6.45) is 2.01. The summed E-state index contributed by atoms with van der Waals surface area (Å²) in [5.41, 5.74) is 0.501. The lowest BCUT2D eigenvalue weighted by Gasteiger charge is -2.24. The maximum Gasteiger partial charge on any atom is 0.331 e. The molecule has 0 aromatic heterocycles. The molecule has 1 aliphatic heterocycles. The number of ether oxygens (including phenoxy) is 2. The third-order valence-electron chi connectivity index (χ3n) is 3.64. The van der Waals surface area contributed by atoms with Crippen molar-refractivity contribution in [3.8, 4) is 5.75 Å². The average molecular weight is 291 g/mol. The molecule has 1 aliphatic rings. The summed E-state index contributed by atoms with van der Waals surface area (Å²) < 4.78 is 10.2. The molecule has 0 saturated carbocycles. The van der Waals surface area contributed by atoms with Crippen LogP contribution in [-0.4, -0.2) is 49.5 Å². The molecule has 0 spiro atoms. The lowest BCUT2D eigenvalue weighted by molar-refractivity contribution is -0.147. The Labute approximate surface area is 124 Å². The largest absolute Gasteiger partial charge is 0.497 e. The highest BCUT2D eigenvalue weighted by Crippen LogP contribution is 2.19. The first-order valence-corrected chi connectivity index (χ1v) is 7.26. The maximum atomic E-state index is 12.7. The number of methoxy groups -OCH3 is 1. The van der Waals surface area contributed by atoms with Gasteiger partial charge in [0.2, 0.25) is 0 Å². The highest BCUT2D eigenvalue weighted by Gasteiger charge is 2.36. The summed E-state index contributed by atoms with van der Waals surface area (Å²) in [6, 6.07) is 5.98. The third-order valence-corrected chi connectivity index (χ3v) is 3.64. The fraction of sp³-hybridized carbons (Fsp3) is 0.500. The van der Waals surface area contributed by atoms with Crippen molar-refractivity contribution >= 4 is 11.8 Å². The Morgan fingerprint density at radius 1 is 1.19 bits per heavy atom. The van der Waals surface area contributed by atoms with E-state index in [-0.39, 0.29) is 12.4 Å². The second kappa shape index (κ2) is 7.22. The van der Waals surface area contributed by atoms with Crippen LogP contribution >= 0.6 is 0 Å². The van der Waals surface area contributed by atoms with Gasteiger partial charge in [0.1, 0.15) is 5.75 Å². The first-order chi connectivity index (χ1) is 10.2. The average Bonchev–Trinajstić information content (AvgIpc) is 3.01. The number of carbonyl (C=O) groups is 2. The van der Waals surface area contributed by atoms with Crippen molar-refractivity contribution in [1.82, 2.24) is 4.90 Å². The van der Waals surface area contributed by atoms with Gasteiger partial charge in [0.25, 0.3) is 0 Å². The van der Waals surface area contributed by atoms with E-state index in [1.54, 1.807) is 38.3 Å². The van der Waals surface area contributed by atoms with Crippen molar-refractivity contribution in [2.75, 3.05) is 26.8 Å². The molecule has 2 rings (SSSR count). The van der Waals surface area contributed by atoms with Crippen LogP contribution in [0.2, 0.25) is 0 Å². The van der Waals surface area contributed by atoms with E-state index in [0.29, 0.717) is 11.3 Å². The molecule has 0 N–H and O–H groups in total. The molecule has 114 valence electrons. The molecule has 1 saturated heterocycles. The van der Waals surface area contributed by atoms with Gasteiger partial charge in [-0.2, -0.15) is 0 Å². The summed E-state index contributed by atoms with van der Waals surface area (Å²) in [7, 11) is 1.57. The van der Waals surface area contributed by atoms with E-state index < -0.39 is 12.0 Å². The molecule has 0 aliphatic carbocycles. The number of hydrogen-bond donors (Lipinski definition) is 0. The quantitative estimate of drug-likeness (QED) is 0.455. The number of rotatable bonds is 6. The number of esters is 1. The van der Waals surface area contributed by atoms with Gasteiger partial charge in [0.05, 0.1) is 13.7 Å². The van der Waals surface area contributed by atoms with Crippen molar-refractivity contribution < 1.29 is 19.1 Å². The van der Waals surface area contributed by atoms with Gasteiger partial charge in [-0.1, -0.05) is 0 Å². The molecule has 1 fully saturated rings. The Balaban J connectivity index is 2.21. The Morgan fingerprint density at radius 3 is 2.33 bits per heavy atom. The summed E-state index contributed by atoms with van der Waals surface area (Å²) >= 11 is 0. The maximum absolute atomic E-state index is 12.7.